The summed E-state index contributed by atoms with van der Waals surface area (Å²) in [5.74, 6) is -0.367. The molecule has 1 amide bonds. The molecule has 0 saturated carbocycles. The first-order chi connectivity index (χ1) is 9.91. The number of amides is 1. The molecular formula is C15H18FNO3S. The molecule has 1 atom stereocenters. The summed E-state index contributed by atoms with van der Waals surface area (Å²) in [6, 6.07) is 5.56. The third kappa shape index (κ3) is 4.14. The third-order valence-electron chi connectivity index (χ3n) is 3.56. The lowest BCUT2D eigenvalue weighted by molar-refractivity contribution is -0.127. The minimum atomic E-state index is -3.02. The monoisotopic (exact) mass is 311 g/mol. The zero-order valence-electron chi connectivity index (χ0n) is 11.8. The van der Waals surface area contributed by atoms with E-state index in [1.54, 1.807) is 23.1 Å². The van der Waals surface area contributed by atoms with Crippen LogP contribution < -0.4 is 0 Å². The first-order valence-electron chi connectivity index (χ1n) is 6.86. The van der Waals surface area contributed by atoms with Gasteiger partial charge in [-0.05, 0) is 37.1 Å². The lowest BCUT2D eigenvalue weighted by atomic mass is 10.2. The molecule has 0 aromatic heterocycles. The van der Waals surface area contributed by atoms with Crippen molar-refractivity contribution in [1.29, 1.82) is 0 Å². The third-order valence-corrected chi connectivity index (χ3v) is 5.31. The summed E-state index contributed by atoms with van der Waals surface area (Å²) in [4.78, 5) is 13.8. The molecule has 1 fully saturated rings. The van der Waals surface area contributed by atoms with Gasteiger partial charge in [0.25, 0.3) is 0 Å². The Hall–Kier alpha value is -1.69. The Morgan fingerprint density at radius 1 is 1.38 bits per heavy atom. The largest absolute Gasteiger partial charge is 0.335 e. The van der Waals surface area contributed by atoms with E-state index in [-0.39, 0.29) is 29.3 Å². The molecule has 1 heterocycles. The maximum absolute atomic E-state index is 12.8. The van der Waals surface area contributed by atoms with E-state index < -0.39 is 9.84 Å². The number of hydrogen-bond donors (Lipinski definition) is 0. The number of nitrogens with zero attached hydrogens (tertiary/aromatic N) is 1. The first-order valence-corrected chi connectivity index (χ1v) is 8.68. The van der Waals surface area contributed by atoms with Gasteiger partial charge in [0.1, 0.15) is 5.82 Å². The molecule has 1 aliphatic heterocycles. The highest BCUT2D eigenvalue weighted by atomic mass is 32.2. The number of carbonyl (C=O) groups is 1. The molecule has 0 radical (unpaired) electrons. The minimum Gasteiger partial charge on any atom is -0.335 e. The van der Waals surface area contributed by atoms with Crippen LogP contribution in [0.25, 0.3) is 6.08 Å². The van der Waals surface area contributed by atoms with E-state index in [1.165, 1.54) is 18.2 Å². The van der Waals surface area contributed by atoms with E-state index in [2.05, 4.69) is 0 Å². The Balaban J connectivity index is 2.05. The highest BCUT2D eigenvalue weighted by Gasteiger charge is 2.33. The van der Waals surface area contributed by atoms with Gasteiger partial charge in [0.2, 0.25) is 5.91 Å². The summed E-state index contributed by atoms with van der Waals surface area (Å²) in [5.41, 5.74) is 0.722. The van der Waals surface area contributed by atoms with Crippen LogP contribution in [-0.4, -0.2) is 43.3 Å². The van der Waals surface area contributed by atoms with Crippen LogP contribution in [-0.2, 0) is 14.6 Å². The molecule has 0 N–H and O–H groups in total. The van der Waals surface area contributed by atoms with E-state index in [1.807, 2.05) is 6.92 Å². The SMILES string of the molecule is CCN(C(=O)/C=C/c1ccc(F)cc1)C1CCS(=O)(=O)C1. The number of benzene rings is 1. The standard InChI is InChI=1S/C15H18FNO3S/c1-2-17(14-9-10-21(19,20)11-14)15(18)8-5-12-3-6-13(16)7-4-12/h3-8,14H,2,9-11H2,1H3/b8-5+. The van der Waals surface area contributed by atoms with Gasteiger partial charge in [0.15, 0.2) is 9.84 Å². The van der Waals surface area contributed by atoms with E-state index in [0.717, 1.165) is 5.56 Å². The Labute approximate surface area is 124 Å². The van der Waals surface area contributed by atoms with Crippen molar-refractivity contribution in [3.05, 3.63) is 41.7 Å². The molecule has 1 aromatic rings. The normalized spacial score (nSPS) is 20.8. The van der Waals surface area contributed by atoms with Crippen molar-refractivity contribution in [1.82, 2.24) is 4.90 Å². The maximum Gasteiger partial charge on any atom is 0.246 e. The number of sulfone groups is 1. The van der Waals surface area contributed by atoms with Crippen LogP contribution >= 0.6 is 0 Å². The van der Waals surface area contributed by atoms with E-state index in [4.69, 9.17) is 0 Å². The summed E-state index contributed by atoms with van der Waals surface area (Å²) in [7, 11) is -3.02. The van der Waals surface area contributed by atoms with Crippen LogP contribution in [0.2, 0.25) is 0 Å². The average Bonchev–Trinajstić information content (AvgIpc) is 2.79. The van der Waals surface area contributed by atoms with Gasteiger partial charge in [-0.25, -0.2) is 12.8 Å². The van der Waals surface area contributed by atoms with Crippen molar-refractivity contribution >= 4 is 21.8 Å². The molecule has 0 spiro atoms. The lowest BCUT2D eigenvalue weighted by Gasteiger charge is -2.25. The lowest BCUT2D eigenvalue weighted by Crippen LogP contribution is -2.40. The molecule has 2 rings (SSSR count). The van der Waals surface area contributed by atoms with Crippen LogP contribution in [0.1, 0.15) is 18.9 Å². The average molecular weight is 311 g/mol. The summed E-state index contributed by atoms with van der Waals surface area (Å²) in [6.45, 7) is 2.29. The molecule has 114 valence electrons. The number of rotatable bonds is 4. The molecule has 0 bridgehead atoms. The van der Waals surface area contributed by atoms with Gasteiger partial charge in [0.05, 0.1) is 11.5 Å². The zero-order valence-corrected chi connectivity index (χ0v) is 12.6. The van der Waals surface area contributed by atoms with Gasteiger partial charge in [-0.3, -0.25) is 4.79 Å². The Morgan fingerprint density at radius 2 is 2.05 bits per heavy atom. The van der Waals surface area contributed by atoms with Crippen molar-refractivity contribution in [2.45, 2.75) is 19.4 Å². The van der Waals surface area contributed by atoms with Gasteiger partial charge < -0.3 is 4.90 Å². The molecule has 1 aliphatic rings. The Morgan fingerprint density at radius 3 is 2.57 bits per heavy atom. The van der Waals surface area contributed by atoms with Crippen molar-refractivity contribution in [2.75, 3.05) is 18.1 Å². The minimum absolute atomic E-state index is 0.0387. The molecule has 21 heavy (non-hydrogen) atoms. The number of halogens is 1. The van der Waals surface area contributed by atoms with Gasteiger partial charge >= 0.3 is 0 Å². The predicted octanol–water partition coefficient (Wildman–Crippen LogP) is 1.87. The molecule has 4 nitrogen and oxygen atoms in total. The van der Waals surface area contributed by atoms with E-state index in [0.29, 0.717) is 13.0 Å². The fourth-order valence-corrected chi connectivity index (χ4v) is 4.18. The number of hydrogen-bond acceptors (Lipinski definition) is 3. The van der Waals surface area contributed by atoms with Crippen LogP contribution in [0, 0.1) is 5.82 Å². The Kier molecular flexibility index (Phi) is 4.77. The van der Waals surface area contributed by atoms with Crippen molar-refractivity contribution in [3.8, 4) is 0 Å². The summed E-state index contributed by atoms with van der Waals surface area (Å²) in [5, 5.41) is 0. The van der Waals surface area contributed by atoms with Crippen molar-refractivity contribution in [3.63, 3.8) is 0 Å². The van der Waals surface area contributed by atoms with Gasteiger partial charge in [-0.15, -0.1) is 0 Å². The second-order valence-corrected chi connectivity index (χ2v) is 7.29. The summed E-state index contributed by atoms with van der Waals surface area (Å²) >= 11 is 0. The van der Waals surface area contributed by atoms with E-state index >= 15 is 0 Å². The van der Waals surface area contributed by atoms with Crippen molar-refractivity contribution < 1.29 is 17.6 Å². The zero-order chi connectivity index (χ0) is 15.5. The topological polar surface area (TPSA) is 54.5 Å². The second kappa shape index (κ2) is 6.39. The summed E-state index contributed by atoms with van der Waals surface area (Å²) < 4.78 is 35.8. The molecule has 6 heteroatoms. The quantitative estimate of drug-likeness (QED) is 0.798. The Bertz CT molecular complexity index is 637. The van der Waals surface area contributed by atoms with Crippen LogP contribution in [0.4, 0.5) is 4.39 Å². The van der Waals surface area contributed by atoms with Crippen LogP contribution in [0.15, 0.2) is 30.3 Å². The first kappa shape index (κ1) is 15.7. The van der Waals surface area contributed by atoms with Crippen molar-refractivity contribution in [2.24, 2.45) is 0 Å². The predicted molar refractivity (Wildman–Crippen MR) is 79.9 cm³/mol. The van der Waals surface area contributed by atoms with Crippen LogP contribution in [0.3, 0.4) is 0 Å². The molecule has 1 saturated heterocycles. The van der Waals surface area contributed by atoms with Gasteiger partial charge in [-0.2, -0.15) is 0 Å². The number of likely N-dealkylation sites (N-methyl/N-ethyl adjacent to an activating group) is 1. The van der Waals surface area contributed by atoms with Gasteiger partial charge in [0, 0.05) is 18.7 Å². The fourth-order valence-electron chi connectivity index (χ4n) is 2.45. The molecule has 1 unspecified atom stereocenters. The fraction of sp³-hybridized carbons (Fsp3) is 0.400. The van der Waals surface area contributed by atoms with Gasteiger partial charge in [-0.1, -0.05) is 12.1 Å². The number of carbonyl (C=O) groups excluding carboxylic acids is 1. The molecule has 0 aliphatic carbocycles. The second-order valence-electron chi connectivity index (χ2n) is 5.07. The smallest absolute Gasteiger partial charge is 0.246 e. The van der Waals surface area contributed by atoms with E-state index in [9.17, 15) is 17.6 Å². The molecule has 1 aromatic carbocycles. The summed E-state index contributed by atoms with van der Waals surface area (Å²) in [6.07, 6.45) is 3.50. The molecular weight excluding hydrogens is 293 g/mol. The maximum atomic E-state index is 12.8. The highest BCUT2D eigenvalue weighted by Crippen LogP contribution is 2.18. The van der Waals surface area contributed by atoms with Crippen LogP contribution in [0.5, 0.6) is 0 Å². The highest BCUT2D eigenvalue weighted by molar-refractivity contribution is 7.91.